The third-order valence-electron chi connectivity index (χ3n) is 3.68. The van der Waals surface area contributed by atoms with E-state index in [0.717, 1.165) is 15.4 Å². The van der Waals surface area contributed by atoms with Crippen LogP contribution in [0.5, 0.6) is 5.75 Å². The van der Waals surface area contributed by atoms with Gasteiger partial charge in [0, 0.05) is 20.1 Å². The molecule has 8 heteroatoms. The highest BCUT2D eigenvalue weighted by molar-refractivity contribution is 7.87. The lowest BCUT2D eigenvalue weighted by Crippen LogP contribution is -2.38. The standard InChI is InChI=1S/C18H22N2O5S/c1-20(12-11-18(21)22)26(23,24)19-13-15-7-9-17(10-8-15)25-14-16-5-3-2-4-6-16/h2-10,19H,11-14H2,1H3,(H,21,22). The van der Waals surface area contributed by atoms with Gasteiger partial charge in [-0.25, -0.2) is 0 Å². The molecule has 0 amide bonds. The molecule has 0 bridgehead atoms. The summed E-state index contributed by atoms with van der Waals surface area (Å²) in [6.07, 6.45) is -0.245. The number of carboxylic acids is 1. The van der Waals surface area contributed by atoms with Gasteiger partial charge in [0.1, 0.15) is 12.4 Å². The van der Waals surface area contributed by atoms with Crippen molar-refractivity contribution in [1.82, 2.24) is 9.03 Å². The molecule has 0 heterocycles. The van der Waals surface area contributed by atoms with Gasteiger partial charge in [-0.3, -0.25) is 4.79 Å². The number of nitrogens with zero attached hydrogens (tertiary/aromatic N) is 1. The van der Waals surface area contributed by atoms with Gasteiger partial charge in [0.2, 0.25) is 0 Å². The van der Waals surface area contributed by atoms with Crippen LogP contribution >= 0.6 is 0 Å². The van der Waals surface area contributed by atoms with Gasteiger partial charge in [0.05, 0.1) is 6.42 Å². The van der Waals surface area contributed by atoms with Crippen molar-refractivity contribution < 1.29 is 23.1 Å². The summed E-state index contributed by atoms with van der Waals surface area (Å²) in [5.74, 6) is -0.350. The van der Waals surface area contributed by atoms with Crippen molar-refractivity contribution in [2.45, 2.75) is 19.6 Å². The highest BCUT2D eigenvalue weighted by Crippen LogP contribution is 2.14. The molecule has 2 aromatic carbocycles. The minimum atomic E-state index is -3.72. The van der Waals surface area contributed by atoms with E-state index in [1.54, 1.807) is 24.3 Å². The van der Waals surface area contributed by atoms with Gasteiger partial charge in [0.25, 0.3) is 10.2 Å². The first-order valence-electron chi connectivity index (χ1n) is 8.05. The molecule has 0 unspecified atom stereocenters. The van der Waals surface area contributed by atoms with Gasteiger partial charge in [-0.15, -0.1) is 0 Å². The highest BCUT2D eigenvalue weighted by atomic mass is 32.2. The van der Waals surface area contributed by atoms with E-state index in [1.165, 1.54) is 7.05 Å². The maximum Gasteiger partial charge on any atom is 0.304 e. The summed E-state index contributed by atoms with van der Waals surface area (Å²) >= 11 is 0. The smallest absolute Gasteiger partial charge is 0.304 e. The largest absolute Gasteiger partial charge is 0.489 e. The van der Waals surface area contributed by atoms with Crippen molar-refractivity contribution >= 4 is 16.2 Å². The fourth-order valence-electron chi connectivity index (χ4n) is 2.10. The van der Waals surface area contributed by atoms with Crippen LogP contribution in [0.1, 0.15) is 17.5 Å². The number of carbonyl (C=O) groups is 1. The summed E-state index contributed by atoms with van der Waals surface area (Å²) in [4.78, 5) is 10.5. The number of carboxylic acid groups (broad SMARTS) is 1. The van der Waals surface area contributed by atoms with Gasteiger partial charge in [-0.2, -0.15) is 17.4 Å². The first-order valence-corrected chi connectivity index (χ1v) is 9.49. The Morgan fingerprint density at radius 2 is 1.73 bits per heavy atom. The molecule has 2 N–H and O–H groups in total. The number of hydrogen-bond acceptors (Lipinski definition) is 4. The molecular formula is C18H22N2O5S. The number of hydrogen-bond donors (Lipinski definition) is 2. The summed E-state index contributed by atoms with van der Waals surface area (Å²) in [5, 5.41) is 8.62. The van der Waals surface area contributed by atoms with E-state index in [-0.39, 0.29) is 19.5 Å². The molecule has 0 aliphatic heterocycles. The molecule has 2 rings (SSSR count). The van der Waals surface area contributed by atoms with E-state index < -0.39 is 16.2 Å². The molecule has 0 fully saturated rings. The van der Waals surface area contributed by atoms with E-state index in [1.807, 2.05) is 30.3 Å². The van der Waals surface area contributed by atoms with E-state index >= 15 is 0 Å². The van der Waals surface area contributed by atoms with Crippen LogP contribution in [0.25, 0.3) is 0 Å². The van der Waals surface area contributed by atoms with E-state index in [4.69, 9.17) is 9.84 Å². The summed E-state index contributed by atoms with van der Waals surface area (Å²) in [6.45, 7) is 0.483. The van der Waals surface area contributed by atoms with Crippen LogP contribution in [0.15, 0.2) is 54.6 Å². The fraction of sp³-hybridized carbons (Fsp3) is 0.278. The van der Waals surface area contributed by atoms with Crippen molar-refractivity contribution in [2.24, 2.45) is 0 Å². The summed E-state index contributed by atoms with van der Waals surface area (Å²) in [7, 11) is -2.38. The van der Waals surface area contributed by atoms with Crippen molar-refractivity contribution in [3.8, 4) is 5.75 Å². The molecule has 140 valence electrons. The molecule has 0 aromatic heterocycles. The predicted octanol–water partition coefficient (Wildman–Crippen LogP) is 2.01. The number of rotatable bonds is 10. The average molecular weight is 378 g/mol. The van der Waals surface area contributed by atoms with Crippen LogP contribution in [0.3, 0.4) is 0 Å². The van der Waals surface area contributed by atoms with Crippen LogP contribution in [0.2, 0.25) is 0 Å². The topological polar surface area (TPSA) is 95.9 Å². The molecule has 7 nitrogen and oxygen atoms in total. The van der Waals surface area contributed by atoms with Crippen molar-refractivity contribution in [3.63, 3.8) is 0 Å². The number of ether oxygens (including phenoxy) is 1. The van der Waals surface area contributed by atoms with E-state index in [9.17, 15) is 13.2 Å². The Kier molecular flexibility index (Phi) is 7.14. The number of benzene rings is 2. The summed E-state index contributed by atoms with van der Waals surface area (Å²) in [6, 6.07) is 16.9. The monoisotopic (exact) mass is 378 g/mol. The second kappa shape index (κ2) is 9.33. The number of nitrogens with one attached hydrogen (secondary N) is 1. The summed E-state index contributed by atoms with van der Waals surface area (Å²) in [5.41, 5.74) is 1.83. The normalized spacial score (nSPS) is 11.5. The Morgan fingerprint density at radius 3 is 2.35 bits per heavy atom. The zero-order valence-electron chi connectivity index (χ0n) is 14.5. The minimum Gasteiger partial charge on any atom is -0.489 e. The molecule has 0 saturated heterocycles. The molecule has 0 radical (unpaired) electrons. The molecule has 0 atom stereocenters. The maximum absolute atomic E-state index is 12.0. The zero-order valence-corrected chi connectivity index (χ0v) is 15.3. The van der Waals surface area contributed by atoms with Crippen molar-refractivity contribution in [1.29, 1.82) is 0 Å². The second-order valence-electron chi connectivity index (χ2n) is 5.71. The van der Waals surface area contributed by atoms with Crippen molar-refractivity contribution in [2.75, 3.05) is 13.6 Å². The maximum atomic E-state index is 12.0. The van der Waals surface area contributed by atoms with Crippen LogP contribution in [-0.4, -0.2) is 37.4 Å². The molecule has 0 spiro atoms. The van der Waals surface area contributed by atoms with Crippen LogP contribution in [0, 0.1) is 0 Å². The second-order valence-corrected chi connectivity index (χ2v) is 7.57. The number of aliphatic carboxylic acids is 1. The van der Waals surface area contributed by atoms with E-state index in [2.05, 4.69) is 4.72 Å². The van der Waals surface area contributed by atoms with Crippen LogP contribution in [0.4, 0.5) is 0 Å². The minimum absolute atomic E-state index is 0.0864. The Balaban J connectivity index is 1.83. The lowest BCUT2D eigenvalue weighted by atomic mass is 10.2. The third-order valence-corrected chi connectivity index (χ3v) is 5.19. The van der Waals surface area contributed by atoms with Crippen LogP contribution in [-0.2, 0) is 28.2 Å². The molecular weight excluding hydrogens is 356 g/mol. The molecule has 0 aliphatic rings. The first kappa shape index (κ1) is 19.9. The van der Waals surface area contributed by atoms with Gasteiger partial charge < -0.3 is 9.84 Å². The average Bonchev–Trinajstić information content (AvgIpc) is 2.64. The SMILES string of the molecule is CN(CCC(=O)O)S(=O)(=O)NCc1ccc(OCc2ccccc2)cc1. The lowest BCUT2D eigenvalue weighted by molar-refractivity contribution is -0.137. The Labute approximate surface area is 153 Å². The van der Waals surface area contributed by atoms with E-state index in [0.29, 0.717) is 12.4 Å². The Hall–Kier alpha value is -2.42. The van der Waals surface area contributed by atoms with Gasteiger partial charge in [-0.1, -0.05) is 42.5 Å². The third kappa shape index (κ3) is 6.47. The molecule has 0 saturated carbocycles. The molecule has 0 aliphatic carbocycles. The van der Waals surface area contributed by atoms with Crippen LogP contribution < -0.4 is 9.46 Å². The zero-order chi connectivity index (χ0) is 19.0. The molecule has 2 aromatic rings. The Morgan fingerprint density at radius 1 is 1.08 bits per heavy atom. The van der Waals surface area contributed by atoms with Gasteiger partial charge in [-0.05, 0) is 23.3 Å². The lowest BCUT2D eigenvalue weighted by Gasteiger charge is -2.16. The van der Waals surface area contributed by atoms with Crippen molar-refractivity contribution in [3.05, 3.63) is 65.7 Å². The first-order chi connectivity index (χ1) is 12.4. The fourth-order valence-corrected chi connectivity index (χ4v) is 3.00. The van der Waals surface area contributed by atoms with Gasteiger partial charge >= 0.3 is 5.97 Å². The predicted molar refractivity (Wildman–Crippen MR) is 97.9 cm³/mol. The van der Waals surface area contributed by atoms with Gasteiger partial charge in [0.15, 0.2) is 0 Å². The molecule has 26 heavy (non-hydrogen) atoms. The highest BCUT2D eigenvalue weighted by Gasteiger charge is 2.17. The quantitative estimate of drug-likeness (QED) is 0.659. The Bertz CT molecular complexity index is 807. The summed E-state index contributed by atoms with van der Waals surface area (Å²) < 4.78 is 33.2.